The fourth-order valence-corrected chi connectivity index (χ4v) is 2.62. The molecule has 3 aromatic rings. The highest BCUT2D eigenvalue weighted by atomic mass is 19.1. The van der Waals surface area contributed by atoms with E-state index in [9.17, 15) is 8.78 Å². The van der Waals surface area contributed by atoms with Crippen LogP contribution in [0.25, 0.3) is 21.9 Å². The predicted molar refractivity (Wildman–Crippen MR) is 87.8 cm³/mol. The Morgan fingerprint density at radius 3 is 2.41 bits per heavy atom. The summed E-state index contributed by atoms with van der Waals surface area (Å²) in [5.41, 5.74) is 2.34. The first-order valence-electron chi connectivity index (χ1n) is 7.27. The minimum Gasteiger partial charge on any atom is -0.207 e. The minimum atomic E-state index is -0.322. The number of aryl methyl sites for hydroxylation is 1. The van der Waals surface area contributed by atoms with E-state index in [1.807, 2.05) is 30.3 Å². The van der Waals surface area contributed by atoms with Crippen molar-refractivity contribution >= 4 is 10.8 Å². The standard InChI is InChI=1S/C20H16F2/c1-2-3-4-14-5-11-19-16(13-14)8-12-18(20(19)22)15-6-9-17(21)10-7-15/h2,5-13H,1,3-4H2. The van der Waals surface area contributed by atoms with Gasteiger partial charge in [0.15, 0.2) is 0 Å². The summed E-state index contributed by atoms with van der Waals surface area (Å²) in [5.74, 6) is -0.587. The van der Waals surface area contributed by atoms with Gasteiger partial charge in [0, 0.05) is 10.9 Å². The summed E-state index contributed by atoms with van der Waals surface area (Å²) in [6.45, 7) is 3.72. The van der Waals surface area contributed by atoms with E-state index < -0.39 is 0 Å². The van der Waals surface area contributed by atoms with Crippen LogP contribution in [0.4, 0.5) is 8.78 Å². The van der Waals surface area contributed by atoms with Crippen molar-refractivity contribution in [3.05, 3.63) is 84.5 Å². The normalized spacial score (nSPS) is 10.8. The van der Waals surface area contributed by atoms with Crippen LogP contribution in [0.1, 0.15) is 12.0 Å². The number of allylic oxidation sites excluding steroid dienone is 1. The fourth-order valence-electron chi connectivity index (χ4n) is 2.62. The highest BCUT2D eigenvalue weighted by Gasteiger charge is 2.10. The molecule has 2 heteroatoms. The molecule has 0 bridgehead atoms. The van der Waals surface area contributed by atoms with E-state index >= 15 is 0 Å². The third-order valence-corrected chi connectivity index (χ3v) is 3.81. The number of halogens is 2. The molecule has 0 aliphatic carbocycles. The molecule has 0 fully saturated rings. The largest absolute Gasteiger partial charge is 0.207 e. The van der Waals surface area contributed by atoms with Gasteiger partial charge in [-0.05, 0) is 41.5 Å². The zero-order valence-corrected chi connectivity index (χ0v) is 12.2. The van der Waals surface area contributed by atoms with Gasteiger partial charge in [0.1, 0.15) is 11.6 Å². The van der Waals surface area contributed by atoms with E-state index in [-0.39, 0.29) is 11.6 Å². The quantitative estimate of drug-likeness (QED) is 0.525. The van der Waals surface area contributed by atoms with Crippen molar-refractivity contribution in [1.82, 2.24) is 0 Å². The third kappa shape index (κ3) is 2.77. The summed E-state index contributed by atoms with van der Waals surface area (Å²) < 4.78 is 27.7. The molecule has 0 aliphatic rings. The zero-order valence-electron chi connectivity index (χ0n) is 12.2. The van der Waals surface area contributed by atoms with E-state index in [1.165, 1.54) is 17.7 Å². The molecule has 0 nitrogen and oxygen atoms in total. The van der Waals surface area contributed by atoms with Crippen molar-refractivity contribution in [3.63, 3.8) is 0 Å². The Bertz CT molecular complexity index is 817. The van der Waals surface area contributed by atoms with Crippen molar-refractivity contribution < 1.29 is 8.78 Å². The topological polar surface area (TPSA) is 0 Å². The van der Waals surface area contributed by atoms with Crippen molar-refractivity contribution in [2.45, 2.75) is 12.8 Å². The summed E-state index contributed by atoms with van der Waals surface area (Å²) in [5, 5.41) is 1.47. The van der Waals surface area contributed by atoms with Crippen LogP contribution in [0.15, 0.2) is 67.3 Å². The van der Waals surface area contributed by atoms with Gasteiger partial charge in [-0.2, -0.15) is 0 Å². The number of rotatable bonds is 4. The Morgan fingerprint density at radius 1 is 0.909 bits per heavy atom. The van der Waals surface area contributed by atoms with Gasteiger partial charge in [-0.15, -0.1) is 6.58 Å². The minimum absolute atomic E-state index is 0.264. The Hall–Kier alpha value is -2.48. The lowest BCUT2D eigenvalue weighted by atomic mass is 9.98. The number of hydrogen-bond donors (Lipinski definition) is 0. The molecule has 0 heterocycles. The summed E-state index contributed by atoms with van der Waals surface area (Å²) >= 11 is 0. The van der Waals surface area contributed by atoms with Crippen LogP contribution in [0.2, 0.25) is 0 Å². The smallest absolute Gasteiger partial charge is 0.138 e. The van der Waals surface area contributed by atoms with Crippen LogP contribution in [0.3, 0.4) is 0 Å². The maximum absolute atomic E-state index is 14.7. The molecule has 0 saturated carbocycles. The molecular weight excluding hydrogens is 278 g/mol. The van der Waals surface area contributed by atoms with Crippen LogP contribution in [-0.2, 0) is 6.42 Å². The van der Waals surface area contributed by atoms with Gasteiger partial charge in [-0.3, -0.25) is 0 Å². The van der Waals surface area contributed by atoms with E-state index in [2.05, 4.69) is 6.58 Å². The second-order valence-electron chi connectivity index (χ2n) is 5.32. The maximum atomic E-state index is 14.7. The highest BCUT2D eigenvalue weighted by molar-refractivity contribution is 5.88. The average molecular weight is 294 g/mol. The van der Waals surface area contributed by atoms with Gasteiger partial charge in [-0.1, -0.05) is 48.5 Å². The number of benzene rings is 3. The molecule has 0 aromatic heterocycles. The van der Waals surface area contributed by atoms with Crippen molar-refractivity contribution in [2.24, 2.45) is 0 Å². The number of fused-ring (bicyclic) bond motifs is 1. The van der Waals surface area contributed by atoms with Crippen LogP contribution >= 0.6 is 0 Å². The Balaban J connectivity index is 2.06. The molecule has 110 valence electrons. The molecule has 0 aliphatic heterocycles. The molecular formula is C20H16F2. The first-order valence-corrected chi connectivity index (χ1v) is 7.27. The summed E-state index contributed by atoms with van der Waals surface area (Å²) in [6, 6.07) is 15.3. The average Bonchev–Trinajstić information content (AvgIpc) is 2.54. The van der Waals surface area contributed by atoms with Crippen LogP contribution in [-0.4, -0.2) is 0 Å². The molecule has 0 unspecified atom stereocenters. The molecule has 0 N–H and O–H groups in total. The fraction of sp³-hybridized carbons (Fsp3) is 0.100. The molecule has 0 spiro atoms. The highest BCUT2D eigenvalue weighted by Crippen LogP contribution is 2.29. The molecule has 0 saturated heterocycles. The number of hydrogen-bond acceptors (Lipinski definition) is 0. The van der Waals surface area contributed by atoms with Crippen LogP contribution < -0.4 is 0 Å². The zero-order chi connectivity index (χ0) is 15.5. The van der Waals surface area contributed by atoms with Crippen LogP contribution in [0.5, 0.6) is 0 Å². The Morgan fingerprint density at radius 2 is 1.68 bits per heavy atom. The van der Waals surface area contributed by atoms with E-state index in [0.29, 0.717) is 16.5 Å². The van der Waals surface area contributed by atoms with E-state index in [4.69, 9.17) is 0 Å². The summed E-state index contributed by atoms with van der Waals surface area (Å²) in [6.07, 6.45) is 3.69. The monoisotopic (exact) mass is 294 g/mol. The first-order chi connectivity index (χ1) is 10.7. The summed E-state index contributed by atoms with van der Waals surface area (Å²) in [7, 11) is 0. The van der Waals surface area contributed by atoms with Gasteiger partial charge in [0.2, 0.25) is 0 Å². The second kappa shape index (κ2) is 6.10. The lowest BCUT2D eigenvalue weighted by Crippen LogP contribution is -1.89. The molecule has 22 heavy (non-hydrogen) atoms. The van der Waals surface area contributed by atoms with Gasteiger partial charge >= 0.3 is 0 Å². The molecule has 0 radical (unpaired) electrons. The van der Waals surface area contributed by atoms with Gasteiger partial charge in [0.25, 0.3) is 0 Å². The molecule has 0 amide bonds. The Labute approximate surface area is 128 Å². The lowest BCUT2D eigenvalue weighted by Gasteiger charge is -2.08. The summed E-state index contributed by atoms with van der Waals surface area (Å²) in [4.78, 5) is 0. The van der Waals surface area contributed by atoms with Crippen LogP contribution in [0, 0.1) is 11.6 Å². The molecule has 0 atom stereocenters. The molecule has 3 rings (SSSR count). The SMILES string of the molecule is C=CCCc1ccc2c(F)c(-c3ccc(F)cc3)ccc2c1. The van der Waals surface area contributed by atoms with Crippen molar-refractivity contribution in [2.75, 3.05) is 0 Å². The van der Waals surface area contributed by atoms with Gasteiger partial charge in [-0.25, -0.2) is 8.78 Å². The predicted octanol–water partition coefficient (Wildman–Crippen LogP) is 5.90. The van der Waals surface area contributed by atoms with Crippen molar-refractivity contribution in [3.8, 4) is 11.1 Å². The maximum Gasteiger partial charge on any atom is 0.138 e. The Kier molecular flexibility index (Phi) is 4.01. The van der Waals surface area contributed by atoms with Crippen molar-refractivity contribution in [1.29, 1.82) is 0 Å². The molecule has 3 aromatic carbocycles. The van der Waals surface area contributed by atoms with E-state index in [0.717, 1.165) is 18.2 Å². The van der Waals surface area contributed by atoms with E-state index in [1.54, 1.807) is 18.2 Å². The lowest BCUT2D eigenvalue weighted by molar-refractivity contribution is 0.627. The van der Waals surface area contributed by atoms with Gasteiger partial charge < -0.3 is 0 Å². The van der Waals surface area contributed by atoms with Gasteiger partial charge in [0.05, 0.1) is 0 Å². The third-order valence-electron chi connectivity index (χ3n) is 3.81. The second-order valence-corrected chi connectivity index (χ2v) is 5.32. The first kappa shape index (κ1) is 14.5.